The fourth-order valence-corrected chi connectivity index (χ4v) is 2.04. The molecule has 114 valence electrons. The minimum Gasteiger partial charge on any atom is -0.493 e. The van der Waals surface area contributed by atoms with Gasteiger partial charge < -0.3 is 19.5 Å². The first-order chi connectivity index (χ1) is 10.1. The highest BCUT2D eigenvalue weighted by Crippen LogP contribution is 2.27. The molecule has 7 heteroatoms. The summed E-state index contributed by atoms with van der Waals surface area (Å²) < 4.78 is 15.2. The number of amides is 2. The lowest BCUT2D eigenvalue weighted by Gasteiger charge is -2.16. The number of cyclic esters (lactones) is 1. The van der Waals surface area contributed by atoms with Crippen molar-refractivity contribution in [2.45, 2.75) is 12.6 Å². The Morgan fingerprint density at radius 2 is 2.10 bits per heavy atom. The number of carbonyl (C=O) groups is 2. The van der Waals surface area contributed by atoms with Gasteiger partial charge in [0.05, 0.1) is 14.2 Å². The number of hydrogen-bond acceptors (Lipinski definition) is 5. The number of carbonyl (C=O) groups excluding carboxylic acids is 2. The van der Waals surface area contributed by atoms with Gasteiger partial charge in [0, 0.05) is 13.6 Å². The van der Waals surface area contributed by atoms with Crippen molar-refractivity contribution in [2.24, 2.45) is 0 Å². The van der Waals surface area contributed by atoms with Crippen molar-refractivity contribution in [3.05, 3.63) is 23.8 Å². The normalized spacial score (nSPS) is 17.4. The van der Waals surface area contributed by atoms with Gasteiger partial charge in [-0.2, -0.15) is 0 Å². The van der Waals surface area contributed by atoms with Gasteiger partial charge in [-0.15, -0.1) is 0 Å². The lowest BCUT2D eigenvalue weighted by molar-refractivity contribution is -0.124. The Bertz CT molecular complexity index is 546. The quantitative estimate of drug-likeness (QED) is 0.868. The van der Waals surface area contributed by atoms with Crippen LogP contribution in [-0.4, -0.2) is 50.8 Å². The van der Waals surface area contributed by atoms with E-state index in [1.54, 1.807) is 26.4 Å². The van der Waals surface area contributed by atoms with Crippen LogP contribution >= 0.6 is 0 Å². The Labute approximate surface area is 122 Å². The highest BCUT2D eigenvalue weighted by atomic mass is 16.6. The van der Waals surface area contributed by atoms with E-state index in [4.69, 9.17) is 14.2 Å². The van der Waals surface area contributed by atoms with E-state index in [9.17, 15) is 9.59 Å². The molecule has 0 saturated carbocycles. The molecule has 1 saturated heterocycles. The average Bonchev–Trinajstić information content (AvgIpc) is 2.84. The van der Waals surface area contributed by atoms with Gasteiger partial charge in [0.2, 0.25) is 5.91 Å². The second-order valence-corrected chi connectivity index (χ2v) is 4.61. The summed E-state index contributed by atoms with van der Waals surface area (Å²) in [5.74, 6) is 0.973. The third kappa shape index (κ3) is 3.18. The van der Waals surface area contributed by atoms with Gasteiger partial charge in [-0.3, -0.25) is 9.69 Å². The van der Waals surface area contributed by atoms with Crippen LogP contribution in [0.5, 0.6) is 11.5 Å². The lowest BCUT2D eigenvalue weighted by Crippen LogP contribution is -2.43. The first-order valence-electron chi connectivity index (χ1n) is 6.45. The summed E-state index contributed by atoms with van der Waals surface area (Å²) in [6.45, 7) is 0.408. The molecule has 1 fully saturated rings. The summed E-state index contributed by atoms with van der Waals surface area (Å²) in [4.78, 5) is 24.5. The molecule has 2 rings (SSSR count). The molecule has 0 spiro atoms. The van der Waals surface area contributed by atoms with E-state index in [1.807, 2.05) is 6.07 Å². The second kappa shape index (κ2) is 6.34. The molecule has 1 unspecified atom stereocenters. The number of benzene rings is 1. The van der Waals surface area contributed by atoms with E-state index in [0.29, 0.717) is 18.0 Å². The molecule has 1 heterocycles. The minimum atomic E-state index is -0.586. The fourth-order valence-electron chi connectivity index (χ4n) is 2.04. The Balaban J connectivity index is 1.97. The summed E-state index contributed by atoms with van der Waals surface area (Å²) in [5.41, 5.74) is 0.869. The summed E-state index contributed by atoms with van der Waals surface area (Å²) >= 11 is 0. The highest BCUT2D eigenvalue weighted by molar-refractivity contribution is 5.87. The van der Waals surface area contributed by atoms with Gasteiger partial charge in [-0.25, -0.2) is 4.79 Å². The number of hydrogen-bond donors (Lipinski definition) is 1. The van der Waals surface area contributed by atoms with Crippen molar-refractivity contribution in [3.63, 3.8) is 0 Å². The van der Waals surface area contributed by atoms with Gasteiger partial charge in [0.25, 0.3) is 0 Å². The largest absolute Gasteiger partial charge is 0.493 e. The van der Waals surface area contributed by atoms with Crippen molar-refractivity contribution in [1.82, 2.24) is 10.2 Å². The summed E-state index contributed by atoms with van der Waals surface area (Å²) in [6.07, 6.45) is -0.485. The number of methoxy groups -OCH3 is 2. The van der Waals surface area contributed by atoms with Crippen molar-refractivity contribution in [3.8, 4) is 11.5 Å². The lowest BCUT2D eigenvalue weighted by atomic mass is 10.2. The maximum Gasteiger partial charge on any atom is 0.410 e. The molecule has 1 aromatic carbocycles. The van der Waals surface area contributed by atoms with Crippen LogP contribution < -0.4 is 14.8 Å². The molecule has 21 heavy (non-hydrogen) atoms. The van der Waals surface area contributed by atoms with Crippen molar-refractivity contribution in [1.29, 1.82) is 0 Å². The van der Waals surface area contributed by atoms with E-state index in [2.05, 4.69) is 5.32 Å². The van der Waals surface area contributed by atoms with Gasteiger partial charge in [-0.1, -0.05) is 6.07 Å². The zero-order valence-corrected chi connectivity index (χ0v) is 12.2. The molecule has 0 bridgehead atoms. The van der Waals surface area contributed by atoms with E-state index in [-0.39, 0.29) is 12.5 Å². The molecule has 0 radical (unpaired) electrons. The van der Waals surface area contributed by atoms with Gasteiger partial charge in [-0.05, 0) is 17.7 Å². The van der Waals surface area contributed by atoms with Crippen molar-refractivity contribution in [2.75, 3.05) is 27.9 Å². The zero-order valence-electron chi connectivity index (χ0n) is 12.2. The molecular formula is C14H18N2O5. The Morgan fingerprint density at radius 3 is 2.67 bits per heavy atom. The highest BCUT2D eigenvalue weighted by Gasteiger charge is 2.34. The van der Waals surface area contributed by atoms with E-state index >= 15 is 0 Å². The molecule has 1 aliphatic rings. The number of nitrogens with zero attached hydrogens (tertiary/aromatic N) is 1. The fraction of sp³-hybridized carbons (Fsp3) is 0.429. The third-order valence-electron chi connectivity index (χ3n) is 3.34. The first kappa shape index (κ1) is 15.0. The number of ether oxygens (including phenoxy) is 3. The van der Waals surface area contributed by atoms with Crippen LogP contribution in [0, 0.1) is 0 Å². The monoisotopic (exact) mass is 294 g/mol. The second-order valence-electron chi connectivity index (χ2n) is 4.61. The van der Waals surface area contributed by atoms with Crippen LogP contribution in [0.3, 0.4) is 0 Å². The molecule has 2 amide bonds. The van der Waals surface area contributed by atoms with Crippen LogP contribution in [0.4, 0.5) is 4.79 Å². The zero-order chi connectivity index (χ0) is 15.4. The third-order valence-corrected chi connectivity index (χ3v) is 3.34. The van der Waals surface area contributed by atoms with Crippen molar-refractivity contribution < 1.29 is 23.8 Å². The first-order valence-corrected chi connectivity index (χ1v) is 6.45. The number of rotatable bonds is 5. The molecule has 7 nitrogen and oxygen atoms in total. The topological polar surface area (TPSA) is 77.1 Å². The molecule has 0 aliphatic carbocycles. The maximum atomic E-state index is 12.0. The van der Waals surface area contributed by atoms with Crippen molar-refractivity contribution >= 4 is 12.0 Å². The van der Waals surface area contributed by atoms with Gasteiger partial charge >= 0.3 is 6.09 Å². The summed E-state index contributed by atoms with van der Waals surface area (Å²) in [6, 6.07) is 4.81. The van der Waals surface area contributed by atoms with Crippen LogP contribution in [0.25, 0.3) is 0 Å². The molecule has 1 N–H and O–H groups in total. The van der Waals surface area contributed by atoms with Crippen LogP contribution in [-0.2, 0) is 16.1 Å². The number of nitrogens with one attached hydrogen (secondary N) is 1. The standard InChI is InChI=1S/C14H18N2O5/c1-16-10(8-21-14(16)18)13(17)15-7-9-4-5-11(19-2)12(6-9)20-3/h4-6,10H,7-8H2,1-3H3,(H,15,17). The smallest absolute Gasteiger partial charge is 0.410 e. The molecule has 0 aromatic heterocycles. The van der Waals surface area contributed by atoms with Gasteiger partial charge in [0.1, 0.15) is 12.6 Å². The average molecular weight is 294 g/mol. The Hall–Kier alpha value is -2.44. The molecule has 1 aliphatic heterocycles. The summed E-state index contributed by atoms with van der Waals surface area (Å²) in [7, 11) is 4.65. The predicted molar refractivity (Wildman–Crippen MR) is 74.3 cm³/mol. The van der Waals surface area contributed by atoms with E-state index in [1.165, 1.54) is 11.9 Å². The minimum absolute atomic E-state index is 0.0765. The van der Waals surface area contributed by atoms with E-state index < -0.39 is 12.1 Å². The van der Waals surface area contributed by atoms with E-state index in [0.717, 1.165) is 5.56 Å². The summed E-state index contributed by atoms with van der Waals surface area (Å²) in [5, 5.41) is 2.77. The van der Waals surface area contributed by atoms with Gasteiger partial charge in [0.15, 0.2) is 11.5 Å². The Morgan fingerprint density at radius 1 is 1.38 bits per heavy atom. The molecule has 1 atom stereocenters. The SMILES string of the molecule is COc1ccc(CNC(=O)C2COC(=O)N2C)cc1OC. The van der Waals surface area contributed by atoms with Crippen LogP contribution in [0.2, 0.25) is 0 Å². The molecule has 1 aromatic rings. The van der Waals surface area contributed by atoms with Crippen LogP contribution in [0.1, 0.15) is 5.56 Å². The van der Waals surface area contributed by atoms with Crippen LogP contribution in [0.15, 0.2) is 18.2 Å². The predicted octanol–water partition coefficient (Wildman–Crippen LogP) is 0.771. The number of likely N-dealkylation sites (N-methyl/N-ethyl adjacent to an activating group) is 1. The Kier molecular flexibility index (Phi) is 4.52. The maximum absolute atomic E-state index is 12.0. The molecular weight excluding hydrogens is 276 g/mol.